The molecule has 0 aliphatic carbocycles. The lowest BCUT2D eigenvalue weighted by Gasteiger charge is -2.05. The number of anilines is 1. The molecule has 0 saturated carbocycles. The lowest BCUT2D eigenvalue weighted by atomic mass is 10.3. The van der Waals surface area contributed by atoms with Gasteiger partial charge in [0.2, 0.25) is 5.91 Å². The third-order valence-corrected chi connectivity index (χ3v) is 1.70. The molecule has 16 heavy (non-hydrogen) atoms. The van der Waals surface area contributed by atoms with Crippen LogP contribution in [0.5, 0.6) is 0 Å². The fourth-order valence-electron chi connectivity index (χ4n) is 1.02. The zero-order chi connectivity index (χ0) is 12.0. The summed E-state index contributed by atoms with van der Waals surface area (Å²) in [6, 6.07) is 3.10. The number of rotatable bonds is 5. The summed E-state index contributed by atoms with van der Waals surface area (Å²) in [5.41, 5.74) is 5.34. The minimum Gasteiger partial charge on any atom is -0.370 e. The molecule has 88 valence electrons. The molecule has 1 rings (SSSR count). The van der Waals surface area contributed by atoms with Crippen molar-refractivity contribution in [3.63, 3.8) is 0 Å². The van der Waals surface area contributed by atoms with Crippen molar-refractivity contribution >= 4 is 11.6 Å². The van der Waals surface area contributed by atoms with E-state index in [2.05, 4.69) is 5.32 Å². The van der Waals surface area contributed by atoms with Gasteiger partial charge < -0.3 is 15.8 Å². The molecule has 3 N–H and O–H groups in total. The van der Waals surface area contributed by atoms with Crippen LogP contribution < -0.4 is 11.1 Å². The third kappa shape index (κ3) is 3.92. The third-order valence-electron chi connectivity index (χ3n) is 1.70. The summed E-state index contributed by atoms with van der Waals surface area (Å²) in [4.78, 5) is 11.2. The fraction of sp³-hybridized carbons (Fsp3) is 0.300. The number of carbonyl (C=O) groups is 1. The lowest BCUT2D eigenvalue weighted by molar-refractivity contribution is -0.120. The number of amides is 1. The van der Waals surface area contributed by atoms with Crippen molar-refractivity contribution in [2.75, 3.05) is 25.1 Å². The van der Waals surface area contributed by atoms with Gasteiger partial charge in [0.25, 0.3) is 0 Å². The van der Waals surface area contributed by atoms with Crippen molar-refractivity contribution < 1.29 is 18.3 Å². The smallest absolute Gasteiger partial charge is 0.250 e. The van der Waals surface area contributed by atoms with Gasteiger partial charge in [-0.2, -0.15) is 0 Å². The summed E-state index contributed by atoms with van der Waals surface area (Å²) in [6.45, 7) is 0.417. The molecular formula is C10H12F2N2O2. The monoisotopic (exact) mass is 230 g/mol. The predicted octanol–water partition coefficient (Wildman–Crippen LogP) is 0.879. The highest BCUT2D eigenvalue weighted by Crippen LogP contribution is 2.12. The minimum atomic E-state index is -1.01. The highest BCUT2D eigenvalue weighted by Gasteiger charge is 2.05. The Kier molecular flexibility index (Phi) is 4.81. The normalized spacial score (nSPS) is 10.2. The van der Waals surface area contributed by atoms with E-state index >= 15 is 0 Å². The van der Waals surface area contributed by atoms with Crippen LogP contribution in [0.2, 0.25) is 0 Å². The van der Waals surface area contributed by atoms with Crippen LogP contribution in [0, 0.1) is 11.6 Å². The first-order valence-corrected chi connectivity index (χ1v) is 4.66. The Morgan fingerprint density at radius 2 is 2.12 bits per heavy atom. The second kappa shape index (κ2) is 6.14. The Bertz CT molecular complexity index is 372. The van der Waals surface area contributed by atoms with Crippen LogP contribution >= 0.6 is 0 Å². The SMILES string of the molecule is NCCOCC(=O)Nc1ccc(F)c(F)c1. The molecule has 0 aromatic heterocycles. The quantitative estimate of drug-likeness (QED) is 0.738. The first-order valence-electron chi connectivity index (χ1n) is 4.66. The molecule has 0 radical (unpaired) electrons. The molecule has 0 aliphatic heterocycles. The maximum atomic E-state index is 12.8. The van der Waals surface area contributed by atoms with E-state index in [1.165, 1.54) is 6.07 Å². The van der Waals surface area contributed by atoms with E-state index in [9.17, 15) is 13.6 Å². The summed E-state index contributed by atoms with van der Waals surface area (Å²) >= 11 is 0. The van der Waals surface area contributed by atoms with Crippen LogP contribution in [0.3, 0.4) is 0 Å². The van der Waals surface area contributed by atoms with Crippen molar-refractivity contribution in [1.82, 2.24) is 0 Å². The number of hydrogen-bond acceptors (Lipinski definition) is 3. The van der Waals surface area contributed by atoms with E-state index in [1.54, 1.807) is 0 Å². The number of nitrogens with one attached hydrogen (secondary N) is 1. The minimum absolute atomic E-state index is 0.170. The van der Waals surface area contributed by atoms with E-state index in [1.807, 2.05) is 0 Å². The topological polar surface area (TPSA) is 64.3 Å². The summed E-state index contributed by atoms with van der Waals surface area (Å²) in [5.74, 6) is -2.42. The molecule has 1 aromatic carbocycles. The van der Waals surface area contributed by atoms with Gasteiger partial charge in [-0.05, 0) is 12.1 Å². The van der Waals surface area contributed by atoms with E-state index in [4.69, 9.17) is 10.5 Å². The van der Waals surface area contributed by atoms with E-state index in [0.717, 1.165) is 12.1 Å². The first-order chi connectivity index (χ1) is 7.63. The van der Waals surface area contributed by atoms with Crippen molar-refractivity contribution in [2.45, 2.75) is 0 Å². The maximum absolute atomic E-state index is 12.8. The number of hydrogen-bond donors (Lipinski definition) is 2. The highest BCUT2D eigenvalue weighted by molar-refractivity contribution is 5.91. The number of nitrogens with two attached hydrogens (primary N) is 1. The molecule has 1 amide bonds. The molecule has 1 aromatic rings. The molecule has 0 fully saturated rings. The van der Waals surface area contributed by atoms with Gasteiger partial charge in [-0.3, -0.25) is 4.79 Å². The van der Waals surface area contributed by atoms with Crippen LogP contribution in [-0.2, 0) is 9.53 Å². The van der Waals surface area contributed by atoms with Crippen LogP contribution in [0.1, 0.15) is 0 Å². The first kappa shape index (κ1) is 12.5. The van der Waals surface area contributed by atoms with Gasteiger partial charge in [0.1, 0.15) is 6.61 Å². The number of halogens is 2. The predicted molar refractivity (Wildman–Crippen MR) is 54.9 cm³/mol. The molecule has 0 saturated heterocycles. The van der Waals surface area contributed by atoms with Crippen molar-refractivity contribution in [2.24, 2.45) is 5.73 Å². The molecular weight excluding hydrogens is 218 g/mol. The van der Waals surface area contributed by atoms with Gasteiger partial charge in [-0.15, -0.1) is 0 Å². The summed E-state index contributed by atoms with van der Waals surface area (Å²) in [7, 11) is 0. The van der Waals surface area contributed by atoms with Gasteiger partial charge >= 0.3 is 0 Å². The number of ether oxygens (including phenoxy) is 1. The van der Waals surface area contributed by atoms with Gasteiger partial charge in [0.15, 0.2) is 11.6 Å². The fourth-order valence-corrected chi connectivity index (χ4v) is 1.02. The molecule has 0 spiro atoms. The van der Waals surface area contributed by atoms with Gasteiger partial charge in [0.05, 0.1) is 6.61 Å². The standard InChI is InChI=1S/C10H12F2N2O2/c11-8-2-1-7(5-9(8)12)14-10(15)6-16-4-3-13/h1-2,5H,3-4,6,13H2,(H,14,15). The molecule has 0 aliphatic rings. The zero-order valence-corrected chi connectivity index (χ0v) is 8.50. The van der Waals surface area contributed by atoms with Crippen molar-refractivity contribution in [1.29, 1.82) is 0 Å². The van der Waals surface area contributed by atoms with Gasteiger partial charge in [-0.1, -0.05) is 0 Å². The molecule has 0 unspecified atom stereocenters. The maximum Gasteiger partial charge on any atom is 0.250 e. The molecule has 0 atom stereocenters. The Hall–Kier alpha value is -1.53. The van der Waals surface area contributed by atoms with Crippen LogP contribution in [-0.4, -0.2) is 25.7 Å². The van der Waals surface area contributed by atoms with Gasteiger partial charge in [0, 0.05) is 18.3 Å². The van der Waals surface area contributed by atoms with E-state index in [0.29, 0.717) is 6.54 Å². The largest absolute Gasteiger partial charge is 0.370 e. The molecule has 0 heterocycles. The Morgan fingerprint density at radius 1 is 1.38 bits per heavy atom. The second-order valence-corrected chi connectivity index (χ2v) is 3.02. The molecule has 4 nitrogen and oxygen atoms in total. The number of carbonyl (C=O) groups excluding carboxylic acids is 1. The van der Waals surface area contributed by atoms with Crippen LogP contribution in [0.25, 0.3) is 0 Å². The van der Waals surface area contributed by atoms with E-state index in [-0.39, 0.29) is 18.9 Å². The Morgan fingerprint density at radius 3 is 2.75 bits per heavy atom. The average molecular weight is 230 g/mol. The van der Waals surface area contributed by atoms with E-state index < -0.39 is 17.5 Å². The second-order valence-electron chi connectivity index (χ2n) is 3.02. The highest BCUT2D eigenvalue weighted by atomic mass is 19.2. The summed E-state index contributed by atoms with van der Waals surface area (Å²) in [6.07, 6.45) is 0. The van der Waals surface area contributed by atoms with Crippen molar-refractivity contribution in [3.05, 3.63) is 29.8 Å². The Balaban J connectivity index is 2.46. The average Bonchev–Trinajstić information content (AvgIpc) is 2.24. The number of benzene rings is 1. The van der Waals surface area contributed by atoms with Crippen molar-refractivity contribution in [3.8, 4) is 0 Å². The van der Waals surface area contributed by atoms with Crippen LogP contribution in [0.4, 0.5) is 14.5 Å². The summed E-state index contributed by atoms with van der Waals surface area (Å²) < 4.78 is 30.2. The lowest BCUT2D eigenvalue weighted by Crippen LogP contribution is -2.20. The molecule has 0 bridgehead atoms. The van der Waals surface area contributed by atoms with Gasteiger partial charge in [-0.25, -0.2) is 8.78 Å². The zero-order valence-electron chi connectivity index (χ0n) is 8.50. The summed E-state index contributed by atoms with van der Waals surface area (Å²) in [5, 5.41) is 2.36. The van der Waals surface area contributed by atoms with Crippen LogP contribution in [0.15, 0.2) is 18.2 Å². The Labute approximate surface area is 91.4 Å². The molecule has 6 heteroatoms.